The SMILES string of the molecule is Cc1cc(C(=O)N(C)Cc2noc(C(C)C)n2)c2c(C)nn(C)c2n1. The summed E-state index contributed by atoms with van der Waals surface area (Å²) in [5.41, 5.74) is 2.84. The summed E-state index contributed by atoms with van der Waals surface area (Å²) in [5.74, 6) is 1.09. The summed E-state index contributed by atoms with van der Waals surface area (Å²) in [4.78, 5) is 23.4. The van der Waals surface area contributed by atoms with Crippen LogP contribution in [0.1, 0.15) is 53.2 Å². The minimum absolute atomic E-state index is 0.123. The van der Waals surface area contributed by atoms with Crippen molar-refractivity contribution in [3.8, 4) is 0 Å². The van der Waals surface area contributed by atoms with Gasteiger partial charge in [0.05, 0.1) is 23.2 Å². The molecule has 3 rings (SSSR count). The molecule has 0 aliphatic carbocycles. The van der Waals surface area contributed by atoms with E-state index in [0.29, 0.717) is 22.9 Å². The van der Waals surface area contributed by atoms with E-state index in [2.05, 4.69) is 20.2 Å². The maximum atomic E-state index is 13.0. The van der Waals surface area contributed by atoms with Crippen LogP contribution in [0.4, 0.5) is 0 Å². The van der Waals surface area contributed by atoms with Crippen molar-refractivity contribution in [2.24, 2.45) is 7.05 Å². The summed E-state index contributed by atoms with van der Waals surface area (Å²) >= 11 is 0. The maximum absolute atomic E-state index is 13.0. The van der Waals surface area contributed by atoms with E-state index in [0.717, 1.165) is 16.8 Å². The molecule has 8 heteroatoms. The van der Waals surface area contributed by atoms with Crippen LogP contribution in [0.5, 0.6) is 0 Å². The Morgan fingerprint density at radius 1 is 1.32 bits per heavy atom. The number of aromatic nitrogens is 5. The molecule has 1 amide bonds. The number of pyridine rings is 1. The molecule has 0 saturated heterocycles. The van der Waals surface area contributed by atoms with Gasteiger partial charge >= 0.3 is 0 Å². The zero-order chi connectivity index (χ0) is 18.3. The third-order valence-corrected chi connectivity index (χ3v) is 4.03. The van der Waals surface area contributed by atoms with Gasteiger partial charge in [0.2, 0.25) is 5.89 Å². The Hall–Kier alpha value is -2.77. The zero-order valence-corrected chi connectivity index (χ0v) is 15.4. The highest BCUT2D eigenvalue weighted by molar-refractivity contribution is 6.06. The van der Waals surface area contributed by atoms with Crippen molar-refractivity contribution < 1.29 is 9.32 Å². The Bertz CT molecular complexity index is 940. The molecule has 0 spiro atoms. The van der Waals surface area contributed by atoms with Gasteiger partial charge in [-0.1, -0.05) is 19.0 Å². The van der Waals surface area contributed by atoms with Crippen molar-refractivity contribution in [1.82, 2.24) is 29.8 Å². The van der Waals surface area contributed by atoms with E-state index in [-0.39, 0.29) is 18.4 Å². The molecule has 8 nitrogen and oxygen atoms in total. The second-order valence-corrected chi connectivity index (χ2v) is 6.58. The number of aryl methyl sites for hydroxylation is 3. The average molecular weight is 342 g/mol. The van der Waals surface area contributed by atoms with Crippen LogP contribution in [0.15, 0.2) is 10.6 Å². The van der Waals surface area contributed by atoms with Crippen LogP contribution in [0.25, 0.3) is 11.0 Å². The van der Waals surface area contributed by atoms with Crippen molar-refractivity contribution in [1.29, 1.82) is 0 Å². The molecule has 0 aliphatic rings. The molecule has 0 saturated carbocycles. The van der Waals surface area contributed by atoms with E-state index < -0.39 is 0 Å². The van der Waals surface area contributed by atoms with Crippen LogP contribution in [0.2, 0.25) is 0 Å². The molecule has 132 valence electrons. The molecule has 0 atom stereocenters. The highest BCUT2D eigenvalue weighted by Gasteiger charge is 2.22. The molecule has 0 N–H and O–H groups in total. The van der Waals surface area contributed by atoms with E-state index in [4.69, 9.17) is 4.52 Å². The Balaban J connectivity index is 1.93. The van der Waals surface area contributed by atoms with Gasteiger partial charge in [-0.3, -0.25) is 9.48 Å². The van der Waals surface area contributed by atoms with Crippen molar-refractivity contribution in [3.05, 3.63) is 34.7 Å². The first-order valence-corrected chi connectivity index (χ1v) is 8.16. The van der Waals surface area contributed by atoms with Crippen LogP contribution in [-0.4, -0.2) is 42.8 Å². The van der Waals surface area contributed by atoms with E-state index >= 15 is 0 Å². The summed E-state index contributed by atoms with van der Waals surface area (Å²) in [6.07, 6.45) is 0. The largest absolute Gasteiger partial charge is 0.339 e. The van der Waals surface area contributed by atoms with Gasteiger partial charge in [0.15, 0.2) is 11.5 Å². The second kappa shape index (κ2) is 6.27. The lowest BCUT2D eigenvalue weighted by Crippen LogP contribution is -2.27. The van der Waals surface area contributed by atoms with E-state index in [1.807, 2.05) is 34.7 Å². The molecule has 3 aromatic heterocycles. The Morgan fingerprint density at radius 3 is 2.68 bits per heavy atom. The number of amides is 1. The fourth-order valence-corrected chi connectivity index (χ4v) is 2.79. The highest BCUT2D eigenvalue weighted by Crippen LogP contribution is 2.23. The molecule has 3 aromatic rings. The maximum Gasteiger partial charge on any atom is 0.254 e. The van der Waals surface area contributed by atoms with Gasteiger partial charge in [0.25, 0.3) is 5.91 Å². The van der Waals surface area contributed by atoms with Gasteiger partial charge in [-0.05, 0) is 19.9 Å². The molecule has 0 fully saturated rings. The summed E-state index contributed by atoms with van der Waals surface area (Å²) in [6.45, 7) is 7.98. The standard InChI is InChI=1S/C17H22N6O2/c1-9(2)16-19-13(21-25-16)8-22(5)17(24)12-7-10(3)18-15-14(12)11(4)20-23(15)6/h7,9H,8H2,1-6H3. The lowest BCUT2D eigenvalue weighted by atomic mass is 10.1. The lowest BCUT2D eigenvalue weighted by Gasteiger charge is -2.16. The molecular formula is C17H22N6O2. The first kappa shape index (κ1) is 17.1. The normalized spacial score (nSPS) is 11.5. The Kier molecular flexibility index (Phi) is 4.28. The van der Waals surface area contributed by atoms with Crippen LogP contribution in [0, 0.1) is 13.8 Å². The lowest BCUT2D eigenvalue weighted by molar-refractivity contribution is 0.0782. The molecule has 3 heterocycles. The quantitative estimate of drug-likeness (QED) is 0.723. The predicted octanol–water partition coefficient (Wildman–Crippen LogP) is 2.36. The molecule has 0 aliphatic heterocycles. The van der Waals surface area contributed by atoms with Crippen molar-refractivity contribution in [2.75, 3.05) is 7.05 Å². The van der Waals surface area contributed by atoms with Gasteiger partial charge in [0, 0.05) is 25.7 Å². The summed E-state index contributed by atoms with van der Waals surface area (Å²) in [7, 11) is 3.55. The number of hydrogen-bond acceptors (Lipinski definition) is 6. The number of rotatable bonds is 4. The van der Waals surface area contributed by atoms with Crippen molar-refractivity contribution in [3.63, 3.8) is 0 Å². The predicted molar refractivity (Wildman–Crippen MR) is 92.2 cm³/mol. The van der Waals surface area contributed by atoms with Crippen molar-refractivity contribution >= 4 is 16.9 Å². The molecular weight excluding hydrogens is 320 g/mol. The number of hydrogen-bond donors (Lipinski definition) is 0. The van der Waals surface area contributed by atoms with Crippen LogP contribution < -0.4 is 0 Å². The fourth-order valence-electron chi connectivity index (χ4n) is 2.79. The first-order chi connectivity index (χ1) is 11.8. The van der Waals surface area contributed by atoms with E-state index in [1.165, 1.54) is 0 Å². The smallest absolute Gasteiger partial charge is 0.254 e. The van der Waals surface area contributed by atoms with Crippen LogP contribution in [0.3, 0.4) is 0 Å². The van der Waals surface area contributed by atoms with Gasteiger partial charge in [0.1, 0.15) is 0 Å². The number of nitrogens with zero attached hydrogens (tertiary/aromatic N) is 6. The Morgan fingerprint density at radius 2 is 2.04 bits per heavy atom. The van der Waals surface area contributed by atoms with Crippen molar-refractivity contribution in [2.45, 2.75) is 40.2 Å². The third kappa shape index (κ3) is 3.11. The van der Waals surface area contributed by atoms with Gasteiger partial charge in [-0.15, -0.1) is 0 Å². The molecule has 0 aromatic carbocycles. The molecule has 0 radical (unpaired) electrons. The fraction of sp³-hybridized carbons (Fsp3) is 0.471. The molecule has 0 bridgehead atoms. The van der Waals surface area contributed by atoms with E-state index in [9.17, 15) is 4.79 Å². The summed E-state index contributed by atoms with van der Waals surface area (Å²) in [5, 5.41) is 9.11. The minimum Gasteiger partial charge on any atom is -0.339 e. The minimum atomic E-state index is -0.123. The first-order valence-electron chi connectivity index (χ1n) is 8.16. The second-order valence-electron chi connectivity index (χ2n) is 6.58. The summed E-state index contributed by atoms with van der Waals surface area (Å²) in [6, 6.07) is 1.80. The monoisotopic (exact) mass is 342 g/mol. The van der Waals surface area contributed by atoms with Gasteiger partial charge in [-0.25, -0.2) is 4.98 Å². The Labute approximate surface area is 145 Å². The van der Waals surface area contributed by atoms with Gasteiger partial charge in [-0.2, -0.15) is 10.1 Å². The van der Waals surface area contributed by atoms with Crippen LogP contribution in [-0.2, 0) is 13.6 Å². The van der Waals surface area contributed by atoms with Gasteiger partial charge < -0.3 is 9.42 Å². The molecule has 25 heavy (non-hydrogen) atoms. The summed E-state index contributed by atoms with van der Waals surface area (Å²) < 4.78 is 6.90. The average Bonchev–Trinajstić information content (AvgIpc) is 3.11. The topological polar surface area (TPSA) is 89.9 Å². The number of fused-ring (bicyclic) bond motifs is 1. The zero-order valence-electron chi connectivity index (χ0n) is 15.4. The number of carbonyl (C=O) groups excluding carboxylic acids is 1. The third-order valence-electron chi connectivity index (χ3n) is 4.03. The molecule has 0 unspecified atom stereocenters. The van der Waals surface area contributed by atoms with Crippen LogP contribution >= 0.6 is 0 Å². The highest BCUT2D eigenvalue weighted by atomic mass is 16.5. The number of carbonyl (C=O) groups is 1. The van der Waals surface area contributed by atoms with E-state index in [1.54, 1.807) is 22.7 Å².